The largest absolute Gasteiger partial charge is 0.336 e. The lowest BCUT2D eigenvalue weighted by atomic mass is 9.93. The second-order valence-electron chi connectivity index (χ2n) is 5.70. The Balaban J connectivity index is 1.88. The molecular formula is C12H17N7S2. The lowest BCUT2D eigenvalue weighted by Crippen LogP contribution is -2.13. The van der Waals surface area contributed by atoms with Gasteiger partial charge in [0.15, 0.2) is 10.2 Å². The predicted molar refractivity (Wildman–Crippen MR) is 83.2 cm³/mol. The average molecular weight is 323 g/mol. The number of nitrogens with zero attached hydrogens (tertiary/aromatic N) is 6. The van der Waals surface area contributed by atoms with Gasteiger partial charge in [0.05, 0.1) is 11.9 Å². The van der Waals surface area contributed by atoms with Crippen molar-refractivity contribution in [3.8, 4) is 0 Å². The molecule has 3 rings (SSSR count). The molecule has 0 spiro atoms. The van der Waals surface area contributed by atoms with E-state index >= 15 is 0 Å². The SMILES string of the molecule is CCc1nnc(Sc2nn3cc(C(C)(C)C)nc3s2)n1N. The molecule has 0 aliphatic rings. The van der Waals surface area contributed by atoms with E-state index in [4.69, 9.17) is 5.84 Å². The van der Waals surface area contributed by atoms with E-state index in [1.165, 1.54) is 27.8 Å². The number of hydrogen-bond donors (Lipinski definition) is 1. The van der Waals surface area contributed by atoms with Crippen molar-refractivity contribution in [2.45, 2.75) is 49.0 Å². The van der Waals surface area contributed by atoms with E-state index in [1.807, 2.05) is 17.6 Å². The summed E-state index contributed by atoms with van der Waals surface area (Å²) in [5, 5.41) is 13.3. The first kappa shape index (κ1) is 14.3. The molecule has 0 amide bonds. The van der Waals surface area contributed by atoms with Crippen LogP contribution in [0.1, 0.15) is 39.2 Å². The van der Waals surface area contributed by atoms with Crippen molar-refractivity contribution < 1.29 is 0 Å². The van der Waals surface area contributed by atoms with Crippen molar-refractivity contribution in [1.29, 1.82) is 0 Å². The monoisotopic (exact) mass is 323 g/mol. The zero-order chi connectivity index (χ0) is 15.2. The Bertz CT molecular complexity index is 746. The van der Waals surface area contributed by atoms with Gasteiger partial charge in [-0.15, -0.1) is 15.3 Å². The van der Waals surface area contributed by atoms with E-state index in [9.17, 15) is 0 Å². The number of nitrogens with two attached hydrogens (primary N) is 1. The molecule has 7 nitrogen and oxygen atoms in total. The quantitative estimate of drug-likeness (QED) is 0.743. The van der Waals surface area contributed by atoms with Crippen molar-refractivity contribution in [3.63, 3.8) is 0 Å². The van der Waals surface area contributed by atoms with E-state index in [1.54, 1.807) is 0 Å². The van der Waals surface area contributed by atoms with Gasteiger partial charge in [-0.2, -0.15) is 0 Å². The van der Waals surface area contributed by atoms with Crippen molar-refractivity contribution in [2.75, 3.05) is 5.84 Å². The van der Waals surface area contributed by atoms with Gasteiger partial charge in [0.1, 0.15) is 0 Å². The van der Waals surface area contributed by atoms with Gasteiger partial charge in [-0.25, -0.2) is 14.2 Å². The molecule has 9 heteroatoms. The van der Waals surface area contributed by atoms with Gasteiger partial charge in [0.2, 0.25) is 10.1 Å². The highest BCUT2D eigenvalue weighted by Gasteiger charge is 2.20. The summed E-state index contributed by atoms with van der Waals surface area (Å²) in [7, 11) is 0. The van der Waals surface area contributed by atoms with Crippen LogP contribution in [0, 0.1) is 0 Å². The van der Waals surface area contributed by atoms with E-state index in [-0.39, 0.29) is 5.41 Å². The third-order valence-electron chi connectivity index (χ3n) is 3.02. The van der Waals surface area contributed by atoms with Crippen LogP contribution in [0.2, 0.25) is 0 Å². The van der Waals surface area contributed by atoms with E-state index in [0.29, 0.717) is 5.16 Å². The first-order chi connectivity index (χ1) is 9.88. The number of aryl methyl sites for hydroxylation is 1. The summed E-state index contributed by atoms with van der Waals surface area (Å²) in [6, 6.07) is 0. The standard InChI is InChI=1S/C12H17N7S2/c1-5-8-15-16-10(19(8)13)21-11-17-18-6-7(12(2,3)4)14-9(18)20-11/h6H,5,13H2,1-4H3. The minimum absolute atomic E-state index is 0.0220. The molecule has 3 heterocycles. The fourth-order valence-corrected chi connectivity index (χ4v) is 3.58. The van der Waals surface area contributed by atoms with Gasteiger partial charge in [-0.3, -0.25) is 0 Å². The number of imidazole rings is 1. The molecule has 0 atom stereocenters. The molecule has 0 aliphatic carbocycles. The Morgan fingerprint density at radius 1 is 1.33 bits per heavy atom. The highest BCUT2D eigenvalue weighted by atomic mass is 32.2. The number of hydrogen-bond acceptors (Lipinski definition) is 7. The summed E-state index contributed by atoms with van der Waals surface area (Å²) in [4.78, 5) is 5.50. The second kappa shape index (κ2) is 4.99. The second-order valence-corrected chi connectivity index (χ2v) is 7.87. The Morgan fingerprint density at radius 2 is 2.10 bits per heavy atom. The summed E-state index contributed by atoms with van der Waals surface area (Å²) in [6.45, 7) is 8.40. The maximum Gasteiger partial charge on any atom is 0.216 e. The smallest absolute Gasteiger partial charge is 0.216 e. The van der Waals surface area contributed by atoms with Gasteiger partial charge < -0.3 is 5.84 Å². The van der Waals surface area contributed by atoms with Crippen LogP contribution in [0.15, 0.2) is 15.7 Å². The first-order valence-electron chi connectivity index (χ1n) is 6.62. The van der Waals surface area contributed by atoms with Gasteiger partial charge in [0.25, 0.3) is 0 Å². The third-order valence-corrected chi connectivity index (χ3v) is 4.96. The van der Waals surface area contributed by atoms with Gasteiger partial charge >= 0.3 is 0 Å². The highest BCUT2D eigenvalue weighted by Crippen LogP contribution is 2.31. The van der Waals surface area contributed by atoms with Crippen LogP contribution >= 0.6 is 23.1 Å². The number of fused-ring (bicyclic) bond motifs is 1. The molecule has 0 saturated carbocycles. The zero-order valence-electron chi connectivity index (χ0n) is 12.4. The summed E-state index contributed by atoms with van der Waals surface area (Å²) >= 11 is 2.93. The lowest BCUT2D eigenvalue weighted by Gasteiger charge is -2.13. The van der Waals surface area contributed by atoms with Crippen LogP contribution in [-0.4, -0.2) is 29.5 Å². The van der Waals surface area contributed by atoms with Crippen LogP contribution in [0.3, 0.4) is 0 Å². The summed E-state index contributed by atoms with van der Waals surface area (Å²) < 4.78 is 4.17. The van der Waals surface area contributed by atoms with Crippen LogP contribution in [0.25, 0.3) is 4.96 Å². The molecule has 0 radical (unpaired) electrons. The molecule has 21 heavy (non-hydrogen) atoms. The molecule has 0 saturated heterocycles. The average Bonchev–Trinajstić information content (AvgIpc) is 3.03. The number of nitrogen functional groups attached to an aromatic ring is 1. The van der Waals surface area contributed by atoms with Crippen LogP contribution in [0.4, 0.5) is 0 Å². The Hall–Kier alpha value is -1.61. The van der Waals surface area contributed by atoms with Crippen molar-refractivity contribution in [1.82, 2.24) is 29.5 Å². The number of aromatic nitrogens is 6. The predicted octanol–water partition coefficient (Wildman–Crippen LogP) is 2.11. The van der Waals surface area contributed by atoms with Crippen LogP contribution < -0.4 is 5.84 Å². The molecule has 0 fully saturated rings. The zero-order valence-corrected chi connectivity index (χ0v) is 14.0. The topological polar surface area (TPSA) is 86.9 Å². The Kier molecular flexibility index (Phi) is 3.40. The van der Waals surface area contributed by atoms with Crippen LogP contribution in [-0.2, 0) is 11.8 Å². The maximum atomic E-state index is 5.94. The molecule has 0 aliphatic heterocycles. The highest BCUT2D eigenvalue weighted by molar-refractivity contribution is 8.01. The molecule has 112 valence electrons. The van der Waals surface area contributed by atoms with Crippen molar-refractivity contribution in [2.24, 2.45) is 0 Å². The fraction of sp³-hybridized carbons (Fsp3) is 0.500. The van der Waals surface area contributed by atoms with E-state index in [2.05, 4.69) is 41.1 Å². The van der Waals surface area contributed by atoms with E-state index < -0.39 is 0 Å². The summed E-state index contributed by atoms with van der Waals surface area (Å²) in [6.07, 6.45) is 2.72. The molecule has 3 aromatic rings. The minimum Gasteiger partial charge on any atom is -0.336 e. The normalized spacial score (nSPS) is 12.4. The molecule has 0 unspecified atom stereocenters. The van der Waals surface area contributed by atoms with Gasteiger partial charge in [-0.1, -0.05) is 39.0 Å². The Morgan fingerprint density at radius 3 is 2.67 bits per heavy atom. The minimum atomic E-state index is 0.0220. The first-order valence-corrected chi connectivity index (χ1v) is 8.25. The molecular weight excluding hydrogens is 306 g/mol. The molecule has 0 bridgehead atoms. The fourth-order valence-electron chi connectivity index (χ4n) is 1.78. The molecule has 3 aromatic heterocycles. The summed E-state index contributed by atoms with van der Waals surface area (Å²) in [5.74, 6) is 6.70. The van der Waals surface area contributed by atoms with Crippen LogP contribution in [0.5, 0.6) is 0 Å². The molecule has 2 N–H and O–H groups in total. The molecule has 0 aromatic carbocycles. The summed E-state index contributed by atoms with van der Waals surface area (Å²) in [5.41, 5.74) is 1.06. The third kappa shape index (κ3) is 2.62. The van der Waals surface area contributed by atoms with Gasteiger partial charge in [0, 0.05) is 11.8 Å². The maximum absolute atomic E-state index is 5.94. The van der Waals surface area contributed by atoms with E-state index in [0.717, 1.165) is 27.2 Å². The van der Waals surface area contributed by atoms with Gasteiger partial charge in [-0.05, 0) is 11.8 Å². The lowest BCUT2D eigenvalue weighted by molar-refractivity contribution is 0.572. The number of rotatable bonds is 3. The van der Waals surface area contributed by atoms with Crippen molar-refractivity contribution >= 4 is 28.1 Å². The van der Waals surface area contributed by atoms with Crippen molar-refractivity contribution in [3.05, 3.63) is 17.7 Å². The Labute approximate surface area is 130 Å².